The van der Waals surface area contributed by atoms with Crippen molar-refractivity contribution in [1.82, 2.24) is 4.90 Å². The number of rotatable bonds is 3. The van der Waals surface area contributed by atoms with Crippen LogP contribution in [-0.4, -0.2) is 18.0 Å². The van der Waals surface area contributed by atoms with Gasteiger partial charge in [0.05, 0.1) is 6.04 Å². The Morgan fingerprint density at radius 3 is 2.00 bits per heavy atom. The van der Waals surface area contributed by atoms with Gasteiger partial charge in [0.15, 0.2) is 0 Å². The van der Waals surface area contributed by atoms with Crippen LogP contribution in [0.5, 0.6) is 0 Å². The molecule has 18 heavy (non-hydrogen) atoms. The van der Waals surface area contributed by atoms with Crippen LogP contribution in [0.1, 0.15) is 23.6 Å². The van der Waals surface area contributed by atoms with Crippen LogP contribution in [-0.2, 0) is 0 Å². The first-order valence-electron chi connectivity index (χ1n) is 6.39. The molecule has 1 heterocycles. The van der Waals surface area contributed by atoms with E-state index in [0.29, 0.717) is 6.04 Å². The highest BCUT2D eigenvalue weighted by Gasteiger charge is 2.26. The Bertz CT molecular complexity index is 502. The molecule has 1 fully saturated rings. The molecule has 0 N–H and O–H groups in total. The van der Waals surface area contributed by atoms with Crippen molar-refractivity contribution in [3.63, 3.8) is 0 Å². The van der Waals surface area contributed by atoms with Crippen LogP contribution < -0.4 is 0 Å². The highest BCUT2D eigenvalue weighted by molar-refractivity contribution is 6.30. The van der Waals surface area contributed by atoms with Crippen LogP contribution in [0.25, 0.3) is 0 Å². The second-order valence-corrected chi connectivity index (χ2v) is 5.19. The van der Waals surface area contributed by atoms with E-state index in [9.17, 15) is 0 Å². The minimum Gasteiger partial charge on any atom is -0.292 e. The van der Waals surface area contributed by atoms with Crippen LogP contribution in [0.4, 0.5) is 0 Å². The van der Waals surface area contributed by atoms with Gasteiger partial charge in [-0.05, 0) is 29.7 Å². The Labute approximate surface area is 113 Å². The van der Waals surface area contributed by atoms with Crippen LogP contribution in [0.3, 0.4) is 0 Å². The topological polar surface area (TPSA) is 3.24 Å². The van der Waals surface area contributed by atoms with Crippen molar-refractivity contribution in [2.45, 2.75) is 12.5 Å². The minimum atomic E-state index is 0.372. The van der Waals surface area contributed by atoms with Crippen LogP contribution >= 0.6 is 11.6 Å². The van der Waals surface area contributed by atoms with E-state index >= 15 is 0 Å². The minimum absolute atomic E-state index is 0.372. The largest absolute Gasteiger partial charge is 0.292 e. The molecule has 0 radical (unpaired) electrons. The molecule has 0 saturated carbocycles. The van der Waals surface area contributed by atoms with Gasteiger partial charge in [-0.2, -0.15) is 0 Å². The predicted molar refractivity (Wildman–Crippen MR) is 75.9 cm³/mol. The number of nitrogens with zero attached hydrogens (tertiary/aromatic N) is 1. The predicted octanol–water partition coefficient (Wildman–Crippen LogP) is 4.14. The van der Waals surface area contributed by atoms with Crippen molar-refractivity contribution in [3.05, 3.63) is 70.7 Å². The van der Waals surface area contributed by atoms with Gasteiger partial charge in [0, 0.05) is 18.1 Å². The number of hydrogen-bond donors (Lipinski definition) is 0. The fraction of sp³-hybridized carbons (Fsp3) is 0.250. The number of halogens is 1. The SMILES string of the molecule is Clc1ccc([C@@H](c2ccccc2)N2CCC2)cc1. The Morgan fingerprint density at radius 1 is 0.833 bits per heavy atom. The normalized spacial score (nSPS) is 17.2. The first kappa shape index (κ1) is 11.8. The number of hydrogen-bond acceptors (Lipinski definition) is 1. The van der Waals surface area contributed by atoms with Gasteiger partial charge >= 0.3 is 0 Å². The molecule has 0 bridgehead atoms. The molecule has 1 nitrogen and oxygen atoms in total. The molecule has 1 atom stereocenters. The van der Waals surface area contributed by atoms with Gasteiger partial charge in [0.2, 0.25) is 0 Å². The molecule has 2 aromatic carbocycles. The second kappa shape index (κ2) is 5.13. The van der Waals surface area contributed by atoms with Crippen molar-refractivity contribution in [2.75, 3.05) is 13.1 Å². The summed E-state index contributed by atoms with van der Waals surface area (Å²) in [6.45, 7) is 2.37. The highest BCUT2D eigenvalue weighted by Crippen LogP contribution is 2.32. The van der Waals surface area contributed by atoms with Crippen molar-refractivity contribution in [2.24, 2.45) is 0 Å². The molecule has 1 aliphatic rings. The monoisotopic (exact) mass is 257 g/mol. The zero-order valence-corrected chi connectivity index (χ0v) is 11.0. The maximum Gasteiger partial charge on any atom is 0.0601 e. The quantitative estimate of drug-likeness (QED) is 0.799. The van der Waals surface area contributed by atoms with E-state index in [0.717, 1.165) is 5.02 Å². The van der Waals surface area contributed by atoms with E-state index in [4.69, 9.17) is 11.6 Å². The van der Waals surface area contributed by atoms with Crippen molar-refractivity contribution < 1.29 is 0 Å². The standard InChI is InChI=1S/C16H16ClN/c17-15-9-7-14(8-10-15)16(18-11-4-12-18)13-5-2-1-3-6-13/h1-3,5-10,16H,4,11-12H2/t16-/m1/s1. The third-order valence-corrected chi connectivity index (χ3v) is 3.81. The van der Waals surface area contributed by atoms with Gasteiger partial charge in [-0.15, -0.1) is 0 Å². The van der Waals surface area contributed by atoms with Crippen LogP contribution in [0.2, 0.25) is 5.02 Å². The van der Waals surface area contributed by atoms with Gasteiger partial charge in [0.25, 0.3) is 0 Å². The molecule has 2 heteroatoms. The lowest BCUT2D eigenvalue weighted by molar-refractivity contribution is 0.140. The van der Waals surface area contributed by atoms with Gasteiger partial charge in [0.1, 0.15) is 0 Å². The molecule has 1 saturated heterocycles. The summed E-state index contributed by atoms with van der Waals surface area (Å²) in [6, 6.07) is 19.3. The van der Waals surface area contributed by atoms with Crippen molar-refractivity contribution in [3.8, 4) is 0 Å². The molecule has 0 aliphatic carbocycles. The summed E-state index contributed by atoms with van der Waals surface area (Å²) >= 11 is 5.98. The van der Waals surface area contributed by atoms with Crippen LogP contribution in [0.15, 0.2) is 54.6 Å². The summed E-state index contributed by atoms with van der Waals surface area (Å²) in [5, 5.41) is 0.800. The van der Waals surface area contributed by atoms with E-state index in [1.54, 1.807) is 0 Å². The zero-order valence-electron chi connectivity index (χ0n) is 10.2. The second-order valence-electron chi connectivity index (χ2n) is 4.75. The first-order valence-corrected chi connectivity index (χ1v) is 6.77. The molecular formula is C16H16ClN. The summed E-state index contributed by atoms with van der Waals surface area (Å²) in [5.74, 6) is 0. The molecule has 1 aliphatic heterocycles. The summed E-state index contributed by atoms with van der Waals surface area (Å²) in [4.78, 5) is 2.51. The van der Waals surface area contributed by atoms with E-state index < -0.39 is 0 Å². The molecule has 92 valence electrons. The average molecular weight is 258 g/mol. The summed E-state index contributed by atoms with van der Waals surface area (Å²) in [7, 11) is 0. The Balaban J connectivity index is 1.97. The molecule has 3 rings (SSSR count). The lowest BCUT2D eigenvalue weighted by atomic mass is 9.94. The summed E-state index contributed by atoms with van der Waals surface area (Å²) in [6.07, 6.45) is 1.30. The van der Waals surface area contributed by atoms with E-state index in [2.05, 4.69) is 47.4 Å². The fourth-order valence-corrected chi connectivity index (χ4v) is 2.62. The average Bonchev–Trinajstić information content (AvgIpc) is 2.36. The lowest BCUT2D eigenvalue weighted by Crippen LogP contribution is -2.40. The third kappa shape index (κ3) is 2.29. The van der Waals surface area contributed by atoms with Crippen LogP contribution in [0, 0.1) is 0 Å². The van der Waals surface area contributed by atoms with Crippen molar-refractivity contribution >= 4 is 11.6 Å². The van der Waals surface area contributed by atoms with Gasteiger partial charge in [-0.1, -0.05) is 54.1 Å². The van der Waals surface area contributed by atoms with E-state index in [-0.39, 0.29) is 0 Å². The number of benzene rings is 2. The van der Waals surface area contributed by atoms with Gasteiger partial charge in [-0.25, -0.2) is 0 Å². The number of likely N-dealkylation sites (tertiary alicyclic amines) is 1. The molecule has 0 aromatic heterocycles. The Kier molecular flexibility index (Phi) is 3.35. The molecule has 0 amide bonds. The smallest absolute Gasteiger partial charge is 0.0601 e. The summed E-state index contributed by atoms with van der Waals surface area (Å²) in [5.41, 5.74) is 2.69. The molecule has 2 aromatic rings. The fourth-order valence-electron chi connectivity index (χ4n) is 2.49. The lowest BCUT2D eigenvalue weighted by Gasteiger charge is -2.39. The maximum atomic E-state index is 5.98. The molecule has 0 spiro atoms. The Hall–Kier alpha value is -1.31. The molecular weight excluding hydrogens is 242 g/mol. The van der Waals surface area contributed by atoms with E-state index in [1.807, 2.05) is 12.1 Å². The van der Waals surface area contributed by atoms with Gasteiger partial charge in [-0.3, -0.25) is 4.90 Å². The third-order valence-electron chi connectivity index (χ3n) is 3.56. The molecule has 0 unspecified atom stereocenters. The highest BCUT2D eigenvalue weighted by atomic mass is 35.5. The van der Waals surface area contributed by atoms with Crippen molar-refractivity contribution in [1.29, 1.82) is 0 Å². The Morgan fingerprint density at radius 2 is 1.44 bits per heavy atom. The first-order chi connectivity index (χ1) is 8.84. The maximum absolute atomic E-state index is 5.98. The zero-order chi connectivity index (χ0) is 12.4. The summed E-state index contributed by atoms with van der Waals surface area (Å²) < 4.78 is 0. The van der Waals surface area contributed by atoms with E-state index in [1.165, 1.54) is 30.6 Å². The van der Waals surface area contributed by atoms with Gasteiger partial charge < -0.3 is 0 Å².